The van der Waals surface area contributed by atoms with Gasteiger partial charge in [0.25, 0.3) is 0 Å². The number of thiophene rings is 4. The van der Waals surface area contributed by atoms with Gasteiger partial charge in [0, 0.05) is 90.8 Å². The maximum absolute atomic E-state index is 9.77. The minimum absolute atomic E-state index is 0.0273. The van der Waals surface area contributed by atoms with Crippen LogP contribution in [0.25, 0.3) is 55.2 Å². The van der Waals surface area contributed by atoms with Crippen molar-refractivity contribution in [1.29, 1.82) is 5.26 Å². The van der Waals surface area contributed by atoms with E-state index in [1.54, 1.807) is 44.8 Å². The normalized spacial score (nSPS) is 12.4. The molecule has 5 aromatic heterocycles. The molecule has 2 aliphatic rings. The van der Waals surface area contributed by atoms with E-state index in [2.05, 4.69) is 326 Å². The molecule has 3 atom stereocenters. The number of benzene rings is 8. The molecule has 2 N–H and O–H groups in total. The van der Waals surface area contributed by atoms with Gasteiger partial charge in [-0.25, -0.2) is 4.85 Å². The zero-order chi connectivity index (χ0) is 98.6. The van der Waals surface area contributed by atoms with Crippen molar-refractivity contribution in [2.45, 2.75) is 231 Å². The molecule has 3 unspecified atom stereocenters. The maximum atomic E-state index is 9.77. The number of H-pyrrole nitrogens is 1. The highest BCUT2D eigenvalue weighted by Gasteiger charge is 2.36. The molecule has 134 heavy (non-hydrogen) atoms. The lowest BCUT2D eigenvalue weighted by Crippen LogP contribution is -2.15. The van der Waals surface area contributed by atoms with E-state index in [4.69, 9.17) is 44.5 Å². The highest BCUT2D eigenvalue weighted by atomic mass is 32.1. The summed E-state index contributed by atoms with van der Waals surface area (Å²) in [6, 6.07) is 61.4. The molecule has 6 heterocycles. The van der Waals surface area contributed by atoms with E-state index in [0.717, 1.165) is 89.7 Å². The third-order valence-corrected chi connectivity index (χ3v) is 28.5. The van der Waals surface area contributed by atoms with Gasteiger partial charge in [-0.3, -0.25) is 0 Å². The summed E-state index contributed by atoms with van der Waals surface area (Å²) in [5.41, 5.74) is 24.4. The van der Waals surface area contributed by atoms with Gasteiger partial charge < -0.3 is 48.2 Å². The van der Waals surface area contributed by atoms with Crippen LogP contribution < -0.4 is 43.2 Å². The third kappa shape index (κ3) is 31.7. The van der Waals surface area contributed by atoms with Crippen LogP contribution in [-0.4, -0.2) is 66.4 Å². The van der Waals surface area contributed by atoms with Crippen LogP contribution in [-0.2, 0) is 5.41 Å². The number of fused-ring (bicyclic) bond motifs is 5. The number of nitrogens with zero attached hydrogens (tertiary/aromatic N) is 2. The quantitative estimate of drug-likeness (QED) is 0.0363. The molecule has 16 heteroatoms. The van der Waals surface area contributed by atoms with Gasteiger partial charge in [0.05, 0.1) is 59.4 Å². The molecule has 1 aliphatic heterocycles. The average Bonchev–Trinajstić information content (AvgIpc) is 1.57. The number of rotatable bonds is 23. The second kappa shape index (κ2) is 54.3. The van der Waals surface area contributed by atoms with Gasteiger partial charge in [-0.2, -0.15) is 5.26 Å². The van der Waals surface area contributed by atoms with Gasteiger partial charge in [0.15, 0.2) is 17.2 Å². The fourth-order valence-corrected chi connectivity index (χ4v) is 19.0. The maximum Gasteiger partial charge on any atom is 0.198 e. The number of methoxy groups -OCH3 is 3. The van der Waals surface area contributed by atoms with Crippen LogP contribution in [0, 0.1) is 160 Å². The standard InChI is InChI=1S/C35H46N2O4.C29H34O2.C10H10S.C8H11N.C8H10O2S.C8H12S.C8H10.C6H9N.C6H8S/c1-10-14-15-26(12-3)23-41-33-16-25(6)32(38-8)18-28(33)17-31(37-7)30-20-35(40-22-24(5)11-2)29(19-34(30)39-9)27(13-4)21-36;1-8-18(2)17-31-27-16-24(28(30-7)14-20(27)4)21-10-12-23-22-11-9-19(3)13-25(22)29(5,6)26(23)15-21;1-7-9-5-3-4-6-10(9)8(2)11-7;1-7-3-5-8(9-2)6-4-7;1-5-7-8(6(2)11-5)10-4-3-9-7;1-5-6(2)8(4)9-7(5)3;1-7-3-5-8(2)6-4-7;2*1-5-3-4-6(2)7-5/h13,16-20,24,26H,10-12,14-15,22-23H2,1-6,8-9H3;9-16,18H,8,17H2,1-7H3;3-6H,1-2H3;3-6,9H,1-2H3;3-4H2,1-2H3;1-4H3;3-6H,1-2H3;3-4,7H,1-2H3;3-4H,1-2H3/b27-13+,31-17-;;;;;;;;. The fraction of sp³-hybridized carbons (Fsp3) is 0.390. The number of unbranched alkanes of at least 4 members (excludes halogenated alkanes) is 1. The average molecular weight is 1880 g/mol. The van der Waals surface area contributed by atoms with Gasteiger partial charge in [-0.15, -0.1) is 45.3 Å². The van der Waals surface area contributed by atoms with Crippen molar-refractivity contribution in [3.8, 4) is 74.3 Å². The SMILES string of the molecule is CCC(C)COc1cc(-c2ccc3c(c2)C(C)(C)c2cc(C)ccc2-3)c(OC)cc1C.CNc1ccc(C)cc1.Cc1ccc(C)[nH]1.Cc1ccc(C)cc1.Cc1ccc(C)s1.Cc1sc(C)c(C)c1C.Cc1sc(C)c2c1OCCO2.Cc1sc(C)c2ccccc12.[C-]#[N+]/C(=C\c1cc(OC)c(C)cc1OCC(CC)CCCC)c1cc(OCC(C)CC)c(/C(C#N)=C/C)cc1OC. The van der Waals surface area contributed by atoms with Crippen LogP contribution >= 0.6 is 45.3 Å². The van der Waals surface area contributed by atoms with Crippen LogP contribution in [0.3, 0.4) is 0 Å². The summed E-state index contributed by atoms with van der Waals surface area (Å²) in [6.45, 7) is 68.9. The van der Waals surface area contributed by atoms with Crippen LogP contribution in [0.2, 0.25) is 0 Å². The first kappa shape index (κ1) is 110. The number of aryl methyl sites for hydroxylation is 16. The minimum Gasteiger partial charge on any atom is -0.497 e. The summed E-state index contributed by atoms with van der Waals surface area (Å²) in [5.74, 6) is 7.54. The summed E-state index contributed by atoms with van der Waals surface area (Å²) < 4.78 is 46.8. The molecule has 8 aromatic carbocycles. The largest absolute Gasteiger partial charge is 0.497 e. The van der Waals surface area contributed by atoms with Crippen molar-refractivity contribution in [1.82, 2.24) is 4.98 Å². The van der Waals surface area contributed by atoms with Crippen molar-refractivity contribution < 1.29 is 37.9 Å². The Morgan fingerprint density at radius 3 is 1.41 bits per heavy atom. The highest BCUT2D eigenvalue weighted by molar-refractivity contribution is 7.14. The zero-order valence-corrected chi connectivity index (χ0v) is 89.4. The molecule has 12 nitrogen and oxygen atoms in total. The van der Waals surface area contributed by atoms with Crippen LogP contribution in [0.4, 0.5) is 5.69 Å². The number of aromatic amines is 1. The Morgan fingerprint density at radius 2 is 0.963 bits per heavy atom. The molecule has 1 aliphatic carbocycles. The first-order chi connectivity index (χ1) is 63.9. The van der Waals surface area contributed by atoms with Crippen molar-refractivity contribution in [3.63, 3.8) is 0 Å². The molecular formula is C118H150N4O8S4. The second-order valence-electron chi connectivity index (χ2n) is 35.5. The highest BCUT2D eigenvalue weighted by Crippen LogP contribution is 2.51. The topological polar surface area (TPSA) is 130 Å². The Hall–Kier alpha value is -11.2. The summed E-state index contributed by atoms with van der Waals surface area (Å²) in [6.07, 6.45) is 10.2. The number of anilines is 1. The smallest absolute Gasteiger partial charge is 0.198 e. The lowest BCUT2D eigenvalue weighted by Gasteiger charge is -2.23. The summed E-state index contributed by atoms with van der Waals surface area (Å²) in [7, 11) is 6.87. The molecule has 0 saturated carbocycles. The van der Waals surface area contributed by atoms with E-state index >= 15 is 0 Å². The minimum atomic E-state index is -0.0273. The van der Waals surface area contributed by atoms with Crippen molar-refractivity contribution in [3.05, 3.63) is 310 Å². The summed E-state index contributed by atoms with van der Waals surface area (Å²) in [5, 5.41) is 15.6. The monoisotopic (exact) mass is 1880 g/mol. The van der Waals surface area contributed by atoms with E-state index in [0.29, 0.717) is 83.8 Å². The molecule has 13 aromatic rings. The number of hydrogen-bond donors (Lipinski definition) is 2. The second-order valence-corrected chi connectivity index (χ2v) is 41.3. The first-order valence-corrected chi connectivity index (χ1v) is 50.4. The fourth-order valence-electron chi connectivity index (χ4n) is 15.2. The number of hydrogen-bond acceptors (Lipinski definition) is 14. The van der Waals surface area contributed by atoms with Gasteiger partial charge in [-0.05, 0) is 302 Å². The molecule has 0 fully saturated rings. The van der Waals surface area contributed by atoms with E-state index < -0.39 is 0 Å². The number of nitrogens with one attached hydrogen (secondary N) is 2. The predicted octanol–water partition coefficient (Wildman–Crippen LogP) is 34.1. The Bertz CT molecular complexity index is 5870. The van der Waals surface area contributed by atoms with Crippen molar-refractivity contribution in [2.75, 3.05) is 66.7 Å². The van der Waals surface area contributed by atoms with Gasteiger partial charge in [0.2, 0.25) is 0 Å². The Labute approximate surface area is 821 Å². The molecule has 0 radical (unpaired) electrons. The number of ether oxygens (including phenoxy) is 8. The van der Waals surface area contributed by atoms with Gasteiger partial charge in [0.1, 0.15) is 47.7 Å². The summed E-state index contributed by atoms with van der Waals surface area (Å²) >= 11 is 7.36. The van der Waals surface area contributed by atoms with Gasteiger partial charge in [-0.1, -0.05) is 207 Å². The van der Waals surface area contributed by atoms with E-state index in [9.17, 15) is 5.26 Å². The summed E-state index contributed by atoms with van der Waals surface area (Å²) in [4.78, 5) is 18.1. The van der Waals surface area contributed by atoms with Crippen LogP contribution in [0.1, 0.15) is 224 Å². The predicted molar refractivity (Wildman–Crippen MR) is 579 cm³/mol. The Balaban J connectivity index is 0.000000227. The van der Waals surface area contributed by atoms with Crippen LogP contribution in [0.15, 0.2) is 176 Å². The molecule has 15 rings (SSSR count). The first-order valence-electron chi connectivity index (χ1n) is 47.1. The molecule has 0 amide bonds. The van der Waals surface area contributed by atoms with Crippen molar-refractivity contribution in [2.24, 2.45) is 17.8 Å². The number of aromatic nitrogens is 1. The van der Waals surface area contributed by atoms with Crippen LogP contribution in [0.5, 0.6) is 46.0 Å². The van der Waals surface area contributed by atoms with Crippen molar-refractivity contribution >= 4 is 79.2 Å². The lowest BCUT2D eigenvalue weighted by atomic mass is 9.81. The van der Waals surface area contributed by atoms with E-state index in [1.165, 1.54) is 134 Å². The van der Waals surface area contributed by atoms with E-state index in [-0.39, 0.29) is 5.41 Å². The van der Waals surface area contributed by atoms with Gasteiger partial charge >= 0.3 is 0 Å². The van der Waals surface area contributed by atoms with E-state index in [1.807, 2.05) is 93.0 Å². The third-order valence-electron chi connectivity index (χ3n) is 24.4. The molecule has 0 saturated heterocycles. The number of nitriles is 1. The Morgan fingerprint density at radius 1 is 0.493 bits per heavy atom. The Kier molecular flexibility index (Phi) is 44.5. The molecule has 0 spiro atoms. The number of allylic oxidation sites excluding steroid dienone is 2. The lowest BCUT2D eigenvalue weighted by molar-refractivity contribution is 0.171. The zero-order valence-electron chi connectivity index (χ0n) is 86.1. The molecular weight excluding hydrogens is 1730 g/mol. The molecule has 714 valence electrons. The molecule has 0 bridgehead atoms.